The van der Waals surface area contributed by atoms with Crippen molar-refractivity contribution in [3.8, 4) is 0 Å². The minimum Gasteiger partial charge on any atom is -0.420 e. The van der Waals surface area contributed by atoms with Gasteiger partial charge in [-0.1, -0.05) is 19.3 Å². The zero-order valence-electron chi connectivity index (χ0n) is 12.1. The molecule has 0 atom stereocenters. The molecule has 1 aromatic rings. The molecular weight excluding hydrogens is 262 g/mol. The Kier molecular flexibility index (Phi) is 6.65. The van der Waals surface area contributed by atoms with Crippen LogP contribution in [0.5, 0.6) is 0 Å². The summed E-state index contributed by atoms with van der Waals surface area (Å²) in [5, 5.41) is 0. The average Bonchev–Trinajstić information content (AvgIpc) is 2.32. The molecule has 0 heterocycles. The van der Waals surface area contributed by atoms with Crippen molar-refractivity contribution in [1.82, 2.24) is 0 Å². The molecule has 0 aliphatic rings. The molecule has 108 valence electrons. The first-order valence-corrected chi connectivity index (χ1v) is 10.0. The average molecular weight is 286 g/mol. The molecular formula is C15H24F2OSi. The van der Waals surface area contributed by atoms with Gasteiger partial charge in [-0.3, -0.25) is 0 Å². The van der Waals surface area contributed by atoms with E-state index in [-0.39, 0.29) is 0 Å². The summed E-state index contributed by atoms with van der Waals surface area (Å²) in [5.74, 6) is -0.967. The molecule has 0 bridgehead atoms. The highest BCUT2D eigenvalue weighted by atomic mass is 28.4. The zero-order chi connectivity index (χ0) is 14.3. The summed E-state index contributed by atoms with van der Waals surface area (Å²) in [5.41, 5.74) is 0.754. The van der Waals surface area contributed by atoms with E-state index in [2.05, 4.69) is 13.1 Å². The maximum atomic E-state index is 13.0. The lowest BCUT2D eigenvalue weighted by Gasteiger charge is -2.19. The van der Waals surface area contributed by atoms with Crippen LogP contribution < -0.4 is 0 Å². The van der Waals surface area contributed by atoms with Gasteiger partial charge in [-0.2, -0.15) is 0 Å². The van der Waals surface area contributed by atoms with E-state index in [0.717, 1.165) is 37.3 Å². The molecule has 1 nitrogen and oxygen atoms in total. The van der Waals surface area contributed by atoms with Gasteiger partial charge in [0.05, 0.1) is 0 Å². The van der Waals surface area contributed by atoms with E-state index >= 15 is 0 Å². The molecule has 0 saturated heterocycles. The first-order chi connectivity index (χ1) is 8.93. The lowest BCUT2D eigenvalue weighted by molar-refractivity contribution is 0.401. The predicted molar refractivity (Wildman–Crippen MR) is 77.8 cm³/mol. The van der Waals surface area contributed by atoms with Crippen molar-refractivity contribution in [3.05, 3.63) is 35.4 Å². The molecule has 4 heteroatoms. The fraction of sp³-hybridized carbons (Fsp3) is 0.600. The van der Waals surface area contributed by atoms with Gasteiger partial charge in [-0.15, -0.1) is 0 Å². The standard InChI is InChI=1S/C15H24F2OSi/c1-18-19(2,3)9-7-5-4-6-8-13-10-14(16)12-15(17)11-13/h10-12H,4-9H2,1-3H3. The van der Waals surface area contributed by atoms with E-state index in [0.29, 0.717) is 0 Å². The van der Waals surface area contributed by atoms with Gasteiger partial charge in [0.1, 0.15) is 11.6 Å². The maximum Gasteiger partial charge on any atom is 0.186 e. The highest BCUT2D eigenvalue weighted by molar-refractivity contribution is 6.71. The number of rotatable bonds is 8. The summed E-state index contributed by atoms with van der Waals surface area (Å²) in [4.78, 5) is 0. The Hall–Kier alpha value is -0.743. The Labute approximate surface area is 116 Å². The van der Waals surface area contributed by atoms with Crippen LogP contribution in [0, 0.1) is 11.6 Å². The van der Waals surface area contributed by atoms with Gasteiger partial charge in [-0.05, 0) is 49.7 Å². The highest BCUT2D eigenvalue weighted by Gasteiger charge is 2.19. The number of hydrogen-bond acceptors (Lipinski definition) is 1. The second-order valence-electron chi connectivity index (χ2n) is 5.66. The van der Waals surface area contributed by atoms with Gasteiger partial charge in [0.25, 0.3) is 0 Å². The predicted octanol–water partition coefficient (Wildman–Crippen LogP) is 4.92. The van der Waals surface area contributed by atoms with E-state index in [1.165, 1.54) is 24.6 Å². The van der Waals surface area contributed by atoms with Crippen LogP contribution in [0.15, 0.2) is 18.2 Å². The maximum absolute atomic E-state index is 13.0. The van der Waals surface area contributed by atoms with Gasteiger partial charge in [0, 0.05) is 13.2 Å². The van der Waals surface area contributed by atoms with Crippen LogP contribution in [0.4, 0.5) is 8.78 Å². The lowest BCUT2D eigenvalue weighted by atomic mass is 10.1. The first kappa shape index (κ1) is 16.3. The monoisotopic (exact) mass is 286 g/mol. The van der Waals surface area contributed by atoms with Crippen LogP contribution in [0.3, 0.4) is 0 Å². The smallest absolute Gasteiger partial charge is 0.186 e. The Morgan fingerprint density at radius 2 is 1.53 bits per heavy atom. The second-order valence-corrected chi connectivity index (χ2v) is 10.1. The van der Waals surface area contributed by atoms with E-state index in [1.54, 1.807) is 7.11 Å². The Morgan fingerprint density at radius 1 is 0.947 bits per heavy atom. The molecule has 0 saturated carbocycles. The van der Waals surface area contributed by atoms with Crippen molar-refractivity contribution in [2.75, 3.05) is 7.11 Å². The fourth-order valence-corrected chi connectivity index (χ4v) is 3.40. The van der Waals surface area contributed by atoms with Crippen molar-refractivity contribution in [2.24, 2.45) is 0 Å². The van der Waals surface area contributed by atoms with Crippen LogP contribution in [0.2, 0.25) is 19.1 Å². The number of halogens is 2. The SMILES string of the molecule is CO[Si](C)(C)CCCCCCc1cc(F)cc(F)c1. The Morgan fingerprint density at radius 3 is 2.11 bits per heavy atom. The topological polar surface area (TPSA) is 9.23 Å². The Balaban J connectivity index is 2.17. The van der Waals surface area contributed by atoms with Crippen LogP contribution >= 0.6 is 0 Å². The first-order valence-electron chi connectivity index (χ1n) is 6.93. The lowest BCUT2D eigenvalue weighted by Crippen LogP contribution is -2.27. The highest BCUT2D eigenvalue weighted by Crippen LogP contribution is 2.17. The number of aryl methyl sites for hydroxylation is 1. The molecule has 0 amide bonds. The normalized spacial score (nSPS) is 11.8. The number of unbranched alkanes of at least 4 members (excludes halogenated alkanes) is 3. The second kappa shape index (κ2) is 7.75. The van der Waals surface area contributed by atoms with Crippen molar-refractivity contribution >= 4 is 8.32 Å². The molecule has 0 spiro atoms. The van der Waals surface area contributed by atoms with Gasteiger partial charge in [0.2, 0.25) is 0 Å². The molecule has 19 heavy (non-hydrogen) atoms. The third-order valence-electron chi connectivity index (χ3n) is 3.47. The van der Waals surface area contributed by atoms with E-state index < -0.39 is 20.0 Å². The summed E-state index contributed by atoms with van der Waals surface area (Å²) in [6, 6.07) is 4.94. The van der Waals surface area contributed by atoms with Crippen LogP contribution in [0.25, 0.3) is 0 Å². The summed E-state index contributed by atoms with van der Waals surface area (Å²) in [6.45, 7) is 4.45. The molecule has 1 rings (SSSR count). The largest absolute Gasteiger partial charge is 0.420 e. The Bertz CT molecular complexity index is 373. The van der Waals surface area contributed by atoms with Gasteiger partial charge in [0.15, 0.2) is 8.32 Å². The van der Waals surface area contributed by atoms with Gasteiger partial charge < -0.3 is 4.43 Å². The van der Waals surface area contributed by atoms with E-state index in [4.69, 9.17) is 4.43 Å². The molecule has 0 N–H and O–H groups in total. The molecule has 1 aromatic carbocycles. The molecule has 0 aliphatic heterocycles. The van der Waals surface area contributed by atoms with Gasteiger partial charge >= 0.3 is 0 Å². The third-order valence-corrected chi connectivity index (χ3v) is 6.13. The summed E-state index contributed by atoms with van der Waals surface area (Å²) in [6.07, 6.45) is 5.19. The van der Waals surface area contributed by atoms with Crippen LogP contribution in [0.1, 0.15) is 31.2 Å². The van der Waals surface area contributed by atoms with Crippen molar-refractivity contribution in [2.45, 2.75) is 51.2 Å². The molecule has 0 fully saturated rings. The van der Waals surface area contributed by atoms with Crippen molar-refractivity contribution in [3.63, 3.8) is 0 Å². The molecule has 0 radical (unpaired) electrons. The molecule has 0 aromatic heterocycles. The fourth-order valence-electron chi connectivity index (χ4n) is 2.09. The number of hydrogen-bond donors (Lipinski definition) is 0. The van der Waals surface area contributed by atoms with Crippen molar-refractivity contribution < 1.29 is 13.2 Å². The zero-order valence-corrected chi connectivity index (χ0v) is 13.1. The summed E-state index contributed by atoms with van der Waals surface area (Å²) in [7, 11) is 0.381. The van der Waals surface area contributed by atoms with Crippen LogP contribution in [-0.2, 0) is 10.8 Å². The van der Waals surface area contributed by atoms with Crippen LogP contribution in [-0.4, -0.2) is 15.4 Å². The quantitative estimate of drug-likeness (QED) is 0.487. The summed E-state index contributed by atoms with van der Waals surface area (Å²) < 4.78 is 31.5. The summed E-state index contributed by atoms with van der Waals surface area (Å²) >= 11 is 0. The number of benzene rings is 1. The molecule has 0 unspecified atom stereocenters. The van der Waals surface area contributed by atoms with Gasteiger partial charge in [-0.25, -0.2) is 8.78 Å². The minimum absolute atomic E-state index is 0.483. The minimum atomic E-state index is -1.42. The van der Waals surface area contributed by atoms with Crippen molar-refractivity contribution in [1.29, 1.82) is 0 Å². The van der Waals surface area contributed by atoms with E-state index in [1.807, 2.05) is 0 Å². The molecule has 0 aliphatic carbocycles. The van der Waals surface area contributed by atoms with E-state index in [9.17, 15) is 8.78 Å². The third kappa shape index (κ3) is 6.83.